The molecule has 7 nitrogen and oxygen atoms in total. The monoisotopic (exact) mass is 425 g/mol. The van der Waals surface area contributed by atoms with Crippen LogP contribution in [-0.2, 0) is 13.0 Å². The average molecular weight is 426 g/mol. The maximum Gasteiger partial charge on any atom is 0.157 e. The zero-order valence-electron chi connectivity index (χ0n) is 18.5. The highest BCUT2D eigenvalue weighted by Gasteiger charge is 2.17. The Hall–Kier alpha value is -3.63. The summed E-state index contributed by atoms with van der Waals surface area (Å²) >= 11 is 0. The van der Waals surface area contributed by atoms with Crippen molar-refractivity contribution in [2.45, 2.75) is 19.9 Å². The van der Waals surface area contributed by atoms with Gasteiger partial charge in [0.1, 0.15) is 17.7 Å². The van der Waals surface area contributed by atoms with E-state index in [1.165, 1.54) is 0 Å². The van der Waals surface area contributed by atoms with E-state index >= 15 is 0 Å². The molecule has 0 atom stereocenters. The van der Waals surface area contributed by atoms with Crippen LogP contribution in [0.2, 0.25) is 0 Å². The third-order valence-corrected chi connectivity index (χ3v) is 6.26. The highest BCUT2D eigenvalue weighted by molar-refractivity contribution is 5.85. The number of nitrogens with zero attached hydrogens (tertiary/aromatic N) is 6. The highest BCUT2D eigenvalue weighted by atomic mass is 15.3. The van der Waals surface area contributed by atoms with Gasteiger partial charge in [0, 0.05) is 38.9 Å². The van der Waals surface area contributed by atoms with Gasteiger partial charge in [0.05, 0.1) is 16.6 Å². The van der Waals surface area contributed by atoms with E-state index in [1.807, 2.05) is 30.5 Å². The number of imidazole rings is 1. The van der Waals surface area contributed by atoms with Gasteiger partial charge in [-0.25, -0.2) is 9.97 Å². The number of nitrogens with one attached hydrogen (secondary N) is 1. The number of nitriles is 1. The summed E-state index contributed by atoms with van der Waals surface area (Å²) in [6.07, 6.45) is 2.73. The zero-order chi connectivity index (χ0) is 22.1. The second-order valence-electron chi connectivity index (χ2n) is 8.32. The zero-order valence-corrected chi connectivity index (χ0v) is 18.5. The van der Waals surface area contributed by atoms with Crippen molar-refractivity contribution in [3.05, 3.63) is 65.4 Å². The van der Waals surface area contributed by atoms with Crippen molar-refractivity contribution in [2.24, 2.45) is 0 Å². The van der Waals surface area contributed by atoms with Crippen molar-refractivity contribution in [1.82, 2.24) is 19.3 Å². The summed E-state index contributed by atoms with van der Waals surface area (Å²) in [5, 5.41) is 13.3. The van der Waals surface area contributed by atoms with Crippen molar-refractivity contribution in [2.75, 3.05) is 43.4 Å². The van der Waals surface area contributed by atoms with Crippen LogP contribution in [0.4, 0.5) is 11.6 Å². The molecule has 5 rings (SSSR count). The van der Waals surface area contributed by atoms with E-state index in [0.29, 0.717) is 17.8 Å². The van der Waals surface area contributed by atoms with Crippen LogP contribution in [0.1, 0.15) is 23.6 Å². The highest BCUT2D eigenvalue weighted by Crippen LogP contribution is 2.27. The van der Waals surface area contributed by atoms with Crippen LogP contribution < -0.4 is 10.2 Å². The number of hydrogen-bond acceptors (Lipinski definition) is 6. The largest absolute Gasteiger partial charge is 0.367 e. The van der Waals surface area contributed by atoms with E-state index in [9.17, 15) is 5.26 Å². The molecule has 1 aliphatic rings. The average Bonchev–Trinajstić information content (AvgIpc) is 3.22. The molecule has 0 spiro atoms. The van der Waals surface area contributed by atoms with Gasteiger partial charge >= 0.3 is 0 Å². The topological polar surface area (TPSA) is 72.5 Å². The fourth-order valence-electron chi connectivity index (χ4n) is 4.35. The normalized spacial score (nSPS) is 14.7. The predicted molar refractivity (Wildman–Crippen MR) is 128 cm³/mol. The Morgan fingerprint density at radius 1 is 1.09 bits per heavy atom. The lowest BCUT2D eigenvalue weighted by Crippen LogP contribution is -2.44. The molecule has 3 aromatic heterocycles. The molecule has 162 valence electrons. The molecular weight excluding hydrogens is 398 g/mol. The summed E-state index contributed by atoms with van der Waals surface area (Å²) in [6.45, 7) is 6.87. The Labute approximate surface area is 187 Å². The SMILES string of the molecule is CCc1cc(NCc2ccc(N3CCN(C)CC3)nc2)n2c(nc3ccccc32)c1C#N. The van der Waals surface area contributed by atoms with Crippen LogP contribution in [0.15, 0.2) is 48.7 Å². The van der Waals surface area contributed by atoms with E-state index in [0.717, 1.165) is 66.4 Å². The van der Waals surface area contributed by atoms with Crippen LogP contribution in [0.25, 0.3) is 16.7 Å². The minimum Gasteiger partial charge on any atom is -0.367 e. The number of para-hydroxylation sites is 2. The molecule has 0 amide bonds. The van der Waals surface area contributed by atoms with Crippen LogP contribution in [0.5, 0.6) is 0 Å². The quantitative estimate of drug-likeness (QED) is 0.526. The molecule has 0 aliphatic carbocycles. The van der Waals surface area contributed by atoms with Gasteiger partial charge < -0.3 is 15.1 Å². The van der Waals surface area contributed by atoms with Gasteiger partial charge in [0.15, 0.2) is 5.65 Å². The van der Waals surface area contributed by atoms with Crippen molar-refractivity contribution in [3.8, 4) is 6.07 Å². The fourth-order valence-corrected chi connectivity index (χ4v) is 4.35. The van der Waals surface area contributed by atoms with E-state index in [4.69, 9.17) is 9.97 Å². The van der Waals surface area contributed by atoms with Crippen molar-refractivity contribution < 1.29 is 0 Å². The van der Waals surface area contributed by atoms with Gasteiger partial charge in [0.25, 0.3) is 0 Å². The van der Waals surface area contributed by atoms with Crippen molar-refractivity contribution in [3.63, 3.8) is 0 Å². The minimum atomic E-state index is 0.646. The van der Waals surface area contributed by atoms with Crippen LogP contribution in [0, 0.1) is 11.3 Å². The van der Waals surface area contributed by atoms with Crippen molar-refractivity contribution >= 4 is 28.3 Å². The summed E-state index contributed by atoms with van der Waals surface area (Å²) in [5.74, 6) is 1.98. The molecule has 4 aromatic rings. The fraction of sp³-hybridized carbons (Fsp3) is 0.320. The van der Waals surface area contributed by atoms with Gasteiger partial charge in [-0.05, 0) is 48.9 Å². The van der Waals surface area contributed by atoms with E-state index in [2.05, 4.69) is 57.8 Å². The minimum absolute atomic E-state index is 0.646. The predicted octanol–water partition coefficient (Wildman–Crippen LogP) is 3.68. The van der Waals surface area contributed by atoms with Crippen LogP contribution in [-0.4, -0.2) is 52.5 Å². The van der Waals surface area contributed by atoms with Gasteiger partial charge in [-0.1, -0.05) is 25.1 Å². The molecule has 1 fully saturated rings. The van der Waals surface area contributed by atoms with Gasteiger partial charge in [-0.2, -0.15) is 5.26 Å². The molecule has 7 heteroatoms. The Kier molecular flexibility index (Phi) is 5.38. The van der Waals surface area contributed by atoms with Crippen LogP contribution in [0.3, 0.4) is 0 Å². The Morgan fingerprint density at radius 2 is 1.91 bits per heavy atom. The van der Waals surface area contributed by atoms with Gasteiger partial charge in [-0.3, -0.25) is 4.40 Å². The number of piperazine rings is 1. The number of likely N-dealkylation sites (N-methyl/N-ethyl adjacent to an activating group) is 1. The first kappa shape index (κ1) is 20.3. The first-order chi connectivity index (χ1) is 15.7. The van der Waals surface area contributed by atoms with Gasteiger partial charge in [0.2, 0.25) is 0 Å². The summed E-state index contributed by atoms with van der Waals surface area (Å²) in [5.41, 5.74) is 5.35. The molecular formula is C25H27N7. The Balaban J connectivity index is 1.43. The first-order valence-corrected chi connectivity index (χ1v) is 11.1. The summed E-state index contributed by atoms with van der Waals surface area (Å²) < 4.78 is 2.05. The van der Waals surface area contributed by atoms with E-state index in [-0.39, 0.29) is 0 Å². The molecule has 1 saturated heterocycles. The first-order valence-electron chi connectivity index (χ1n) is 11.1. The molecule has 1 N–H and O–H groups in total. The molecule has 0 bridgehead atoms. The number of hydrogen-bond donors (Lipinski definition) is 1. The molecule has 1 aliphatic heterocycles. The Bertz CT molecular complexity index is 1290. The second-order valence-corrected chi connectivity index (χ2v) is 8.32. The molecule has 1 aromatic carbocycles. The number of pyridine rings is 2. The molecule has 4 heterocycles. The summed E-state index contributed by atoms with van der Waals surface area (Å²) in [6, 6.07) is 16.7. The number of benzene rings is 1. The lowest BCUT2D eigenvalue weighted by molar-refractivity contribution is 0.312. The summed E-state index contributed by atoms with van der Waals surface area (Å²) in [7, 11) is 2.16. The third-order valence-electron chi connectivity index (χ3n) is 6.26. The number of fused-ring (bicyclic) bond motifs is 3. The Morgan fingerprint density at radius 3 is 2.62 bits per heavy atom. The smallest absolute Gasteiger partial charge is 0.157 e. The lowest BCUT2D eigenvalue weighted by atomic mass is 10.1. The number of rotatable bonds is 5. The molecule has 0 saturated carbocycles. The molecule has 32 heavy (non-hydrogen) atoms. The maximum absolute atomic E-state index is 9.78. The van der Waals surface area contributed by atoms with E-state index in [1.54, 1.807) is 0 Å². The van der Waals surface area contributed by atoms with Crippen molar-refractivity contribution in [1.29, 1.82) is 5.26 Å². The molecule has 0 radical (unpaired) electrons. The standard InChI is InChI=1S/C25H27N7/c1-3-19-14-24(32-22-7-5-4-6-21(22)29-25(32)20(19)15-26)28-17-18-8-9-23(27-16-18)31-12-10-30(2)11-13-31/h4-9,14,16,28H,3,10-13,17H2,1-2H3. The second kappa shape index (κ2) is 8.48. The molecule has 0 unspecified atom stereocenters. The lowest BCUT2D eigenvalue weighted by Gasteiger charge is -2.33. The van der Waals surface area contributed by atoms with E-state index < -0.39 is 0 Å². The van der Waals surface area contributed by atoms with Crippen LogP contribution >= 0.6 is 0 Å². The number of aromatic nitrogens is 3. The number of anilines is 2. The maximum atomic E-state index is 9.78. The number of aryl methyl sites for hydroxylation is 1. The third kappa shape index (κ3) is 3.63. The van der Waals surface area contributed by atoms with Gasteiger partial charge in [-0.15, -0.1) is 0 Å². The summed E-state index contributed by atoms with van der Waals surface area (Å²) in [4.78, 5) is 14.2.